The summed E-state index contributed by atoms with van der Waals surface area (Å²) in [4.78, 5) is 2.36. The van der Waals surface area contributed by atoms with Gasteiger partial charge in [-0.25, -0.2) is 0 Å². The predicted molar refractivity (Wildman–Crippen MR) is 79.7 cm³/mol. The van der Waals surface area contributed by atoms with Gasteiger partial charge in [-0.3, -0.25) is 4.90 Å². The standard InChI is InChI=1S/C16H23F3N2O/c1-20-9-6-13-7-10-21(11-8-13)12-14-2-4-15(5-3-14)22-16(17,18)19/h2-5,13,20H,6-12H2,1H3. The van der Waals surface area contributed by atoms with Gasteiger partial charge in [0.1, 0.15) is 5.75 Å². The van der Waals surface area contributed by atoms with E-state index in [0.717, 1.165) is 37.7 Å². The summed E-state index contributed by atoms with van der Waals surface area (Å²) < 4.78 is 40.2. The second-order valence-electron chi connectivity index (χ2n) is 5.80. The molecule has 124 valence electrons. The van der Waals surface area contributed by atoms with Crippen LogP contribution in [0, 0.1) is 5.92 Å². The van der Waals surface area contributed by atoms with E-state index in [1.807, 2.05) is 7.05 Å². The maximum atomic E-state index is 12.1. The zero-order valence-electron chi connectivity index (χ0n) is 12.8. The van der Waals surface area contributed by atoms with E-state index in [0.29, 0.717) is 0 Å². The van der Waals surface area contributed by atoms with E-state index >= 15 is 0 Å². The minimum Gasteiger partial charge on any atom is -0.406 e. The number of hydrogen-bond donors (Lipinski definition) is 1. The number of piperidine rings is 1. The largest absolute Gasteiger partial charge is 0.573 e. The van der Waals surface area contributed by atoms with Gasteiger partial charge in [0.15, 0.2) is 0 Å². The molecule has 3 nitrogen and oxygen atoms in total. The maximum Gasteiger partial charge on any atom is 0.573 e. The first-order valence-electron chi connectivity index (χ1n) is 7.68. The minimum atomic E-state index is -4.63. The van der Waals surface area contributed by atoms with E-state index in [2.05, 4.69) is 15.0 Å². The number of nitrogens with zero attached hydrogens (tertiary/aromatic N) is 1. The lowest BCUT2D eigenvalue weighted by Crippen LogP contribution is -2.34. The number of alkyl halides is 3. The molecule has 0 radical (unpaired) electrons. The number of likely N-dealkylation sites (tertiary alicyclic amines) is 1. The smallest absolute Gasteiger partial charge is 0.406 e. The van der Waals surface area contributed by atoms with Crippen LogP contribution in [0.1, 0.15) is 24.8 Å². The third-order valence-electron chi connectivity index (χ3n) is 4.07. The zero-order valence-corrected chi connectivity index (χ0v) is 12.8. The van der Waals surface area contributed by atoms with E-state index in [1.54, 1.807) is 12.1 Å². The van der Waals surface area contributed by atoms with Crippen LogP contribution in [0.25, 0.3) is 0 Å². The summed E-state index contributed by atoms with van der Waals surface area (Å²) in [5.41, 5.74) is 1.02. The van der Waals surface area contributed by atoms with Crippen LogP contribution in [-0.2, 0) is 6.54 Å². The van der Waals surface area contributed by atoms with Gasteiger partial charge in [0.2, 0.25) is 0 Å². The van der Waals surface area contributed by atoms with Crippen molar-refractivity contribution in [3.63, 3.8) is 0 Å². The average Bonchev–Trinajstić information content (AvgIpc) is 2.47. The minimum absolute atomic E-state index is 0.165. The van der Waals surface area contributed by atoms with Crippen LogP contribution in [0.3, 0.4) is 0 Å². The molecule has 1 saturated heterocycles. The summed E-state index contributed by atoms with van der Waals surface area (Å²) >= 11 is 0. The SMILES string of the molecule is CNCCC1CCN(Cc2ccc(OC(F)(F)F)cc2)CC1. The Morgan fingerprint density at radius 2 is 1.82 bits per heavy atom. The number of benzene rings is 1. The molecule has 0 atom stereocenters. The first kappa shape index (κ1) is 17.1. The van der Waals surface area contributed by atoms with Crippen LogP contribution >= 0.6 is 0 Å². The van der Waals surface area contributed by atoms with Gasteiger partial charge in [0, 0.05) is 6.54 Å². The van der Waals surface area contributed by atoms with Gasteiger partial charge in [-0.2, -0.15) is 0 Å². The fraction of sp³-hybridized carbons (Fsp3) is 0.625. The Kier molecular flexibility index (Phi) is 6.08. The second kappa shape index (κ2) is 7.83. The molecule has 1 aromatic rings. The molecule has 0 unspecified atom stereocenters. The van der Waals surface area contributed by atoms with Crippen LogP contribution in [0.5, 0.6) is 5.75 Å². The molecule has 1 aromatic carbocycles. The molecule has 1 N–H and O–H groups in total. The molecular formula is C16H23F3N2O. The Labute approximate surface area is 129 Å². The van der Waals surface area contributed by atoms with Crippen LogP contribution in [0.4, 0.5) is 13.2 Å². The molecule has 1 aliphatic rings. The van der Waals surface area contributed by atoms with Gasteiger partial charge in [0.25, 0.3) is 0 Å². The number of rotatable bonds is 6. The fourth-order valence-electron chi connectivity index (χ4n) is 2.84. The van der Waals surface area contributed by atoms with Crippen molar-refractivity contribution in [1.82, 2.24) is 10.2 Å². The molecule has 6 heteroatoms. The Hall–Kier alpha value is -1.27. The predicted octanol–water partition coefficient (Wildman–Crippen LogP) is 3.41. The van der Waals surface area contributed by atoms with Crippen molar-refractivity contribution in [2.75, 3.05) is 26.7 Å². The maximum absolute atomic E-state index is 12.1. The van der Waals surface area contributed by atoms with Crippen molar-refractivity contribution in [3.05, 3.63) is 29.8 Å². The van der Waals surface area contributed by atoms with Crippen LogP contribution in [0.15, 0.2) is 24.3 Å². The lowest BCUT2D eigenvalue weighted by atomic mass is 9.93. The van der Waals surface area contributed by atoms with E-state index in [9.17, 15) is 13.2 Å². The van der Waals surface area contributed by atoms with Gasteiger partial charge >= 0.3 is 6.36 Å². The second-order valence-corrected chi connectivity index (χ2v) is 5.80. The van der Waals surface area contributed by atoms with E-state index in [1.165, 1.54) is 31.4 Å². The number of ether oxygens (including phenoxy) is 1. The number of hydrogen-bond acceptors (Lipinski definition) is 3. The summed E-state index contributed by atoms with van der Waals surface area (Å²) in [6, 6.07) is 6.16. The highest BCUT2D eigenvalue weighted by Gasteiger charge is 2.31. The van der Waals surface area contributed by atoms with Crippen molar-refractivity contribution < 1.29 is 17.9 Å². The van der Waals surface area contributed by atoms with Gasteiger partial charge in [-0.1, -0.05) is 12.1 Å². The monoisotopic (exact) mass is 316 g/mol. The van der Waals surface area contributed by atoms with E-state index < -0.39 is 6.36 Å². The first-order chi connectivity index (χ1) is 10.5. The molecule has 0 bridgehead atoms. The van der Waals surface area contributed by atoms with Gasteiger partial charge in [0.05, 0.1) is 0 Å². The molecule has 0 spiro atoms. The topological polar surface area (TPSA) is 24.5 Å². The molecule has 0 aromatic heterocycles. The quantitative estimate of drug-likeness (QED) is 0.870. The number of nitrogens with one attached hydrogen (secondary N) is 1. The highest BCUT2D eigenvalue weighted by Crippen LogP contribution is 2.24. The normalized spacial score (nSPS) is 17.6. The van der Waals surface area contributed by atoms with Gasteiger partial charge in [-0.05, 0) is 69.6 Å². The third-order valence-corrected chi connectivity index (χ3v) is 4.07. The van der Waals surface area contributed by atoms with Crippen molar-refractivity contribution in [2.45, 2.75) is 32.2 Å². The Morgan fingerprint density at radius 3 is 2.36 bits per heavy atom. The van der Waals surface area contributed by atoms with Crippen molar-refractivity contribution in [3.8, 4) is 5.75 Å². The highest BCUT2D eigenvalue weighted by atomic mass is 19.4. The Morgan fingerprint density at radius 1 is 1.18 bits per heavy atom. The average molecular weight is 316 g/mol. The Bertz CT molecular complexity index is 440. The summed E-state index contributed by atoms with van der Waals surface area (Å²) in [6.07, 6.45) is -1.03. The molecular weight excluding hydrogens is 293 g/mol. The van der Waals surface area contributed by atoms with Gasteiger partial charge < -0.3 is 10.1 Å². The summed E-state index contributed by atoms with van der Waals surface area (Å²) in [5, 5.41) is 3.18. The molecule has 1 heterocycles. The molecule has 0 saturated carbocycles. The summed E-state index contributed by atoms with van der Waals surface area (Å²) in [6.45, 7) is 3.95. The molecule has 0 amide bonds. The molecule has 0 aliphatic carbocycles. The van der Waals surface area contributed by atoms with E-state index in [4.69, 9.17) is 0 Å². The van der Waals surface area contributed by atoms with Crippen molar-refractivity contribution >= 4 is 0 Å². The van der Waals surface area contributed by atoms with Crippen molar-refractivity contribution in [2.24, 2.45) is 5.92 Å². The summed E-state index contributed by atoms with van der Waals surface area (Å²) in [7, 11) is 1.97. The lowest BCUT2D eigenvalue weighted by molar-refractivity contribution is -0.274. The first-order valence-corrected chi connectivity index (χ1v) is 7.68. The molecule has 2 rings (SSSR count). The van der Waals surface area contributed by atoms with Crippen molar-refractivity contribution in [1.29, 1.82) is 0 Å². The zero-order chi connectivity index (χ0) is 16.0. The molecule has 22 heavy (non-hydrogen) atoms. The molecule has 1 aliphatic heterocycles. The highest BCUT2D eigenvalue weighted by molar-refractivity contribution is 5.27. The van der Waals surface area contributed by atoms with Crippen LogP contribution in [-0.4, -0.2) is 37.9 Å². The van der Waals surface area contributed by atoms with E-state index in [-0.39, 0.29) is 5.75 Å². The van der Waals surface area contributed by atoms with Gasteiger partial charge in [-0.15, -0.1) is 13.2 Å². The molecule has 1 fully saturated rings. The Balaban J connectivity index is 1.77. The lowest BCUT2D eigenvalue weighted by Gasteiger charge is -2.32. The summed E-state index contributed by atoms with van der Waals surface area (Å²) in [5.74, 6) is 0.619. The fourth-order valence-corrected chi connectivity index (χ4v) is 2.84. The number of halogens is 3. The van der Waals surface area contributed by atoms with Crippen LogP contribution in [0.2, 0.25) is 0 Å². The third kappa shape index (κ3) is 5.85. The van der Waals surface area contributed by atoms with Crippen LogP contribution < -0.4 is 10.1 Å².